The van der Waals surface area contributed by atoms with Gasteiger partial charge in [-0.05, 0) is 47.5 Å². The number of phenolic OH excluding ortho intramolecular Hbond substituents is 1. The molecule has 0 saturated heterocycles. The molecule has 3 rings (SSSR count). The first-order valence-corrected chi connectivity index (χ1v) is 11.2. The van der Waals surface area contributed by atoms with Gasteiger partial charge in [0.05, 0.1) is 26.2 Å². The van der Waals surface area contributed by atoms with E-state index in [0.29, 0.717) is 0 Å². The quantitative estimate of drug-likeness (QED) is 0.445. The van der Waals surface area contributed by atoms with E-state index >= 15 is 0 Å². The van der Waals surface area contributed by atoms with Crippen LogP contribution >= 0.6 is 23.2 Å². The fourth-order valence-corrected chi connectivity index (χ4v) is 3.95. The fourth-order valence-electron chi connectivity index (χ4n) is 2.68. The number of ether oxygens (including phenoxy) is 1. The molecule has 0 saturated carbocycles. The Labute approximate surface area is 193 Å². The number of esters is 1. The van der Waals surface area contributed by atoms with Crippen LogP contribution < -0.4 is 10.5 Å². The van der Waals surface area contributed by atoms with E-state index in [4.69, 9.17) is 33.1 Å². The molecule has 0 bridgehead atoms. The number of amides is 1. The third-order valence-electron chi connectivity index (χ3n) is 4.26. The molecule has 0 aromatic heterocycles. The van der Waals surface area contributed by atoms with Crippen molar-refractivity contribution in [2.24, 2.45) is 5.14 Å². The first-order chi connectivity index (χ1) is 15.0. The summed E-state index contributed by atoms with van der Waals surface area (Å²) in [4.78, 5) is 24.0. The van der Waals surface area contributed by atoms with Gasteiger partial charge in [-0.3, -0.25) is 4.79 Å². The average molecular weight is 495 g/mol. The lowest BCUT2D eigenvalue weighted by Gasteiger charge is -2.11. The zero-order valence-electron chi connectivity index (χ0n) is 16.2. The van der Waals surface area contributed by atoms with Crippen molar-refractivity contribution in [3.8, 4) is 16.9 Å². The molecule has 0 aliphatic heterocycles. The van der Waals surface area contributed by atoms with Crippen LogP contribution in [0.5, 0.6) is 5.75 Å². The lowest BCUT2D eigenvalue weighted by atomic mass is 10.0. The molecule has 0 atom stereocenters. The summed E-state index contributed by atoms with van der Waals surface area (Å²) < 4.78 is 27.8. The second-order valence-electron chi connectivity index (χ2n) is 6.56. The van der Waals surface area contributed by atoms with E-state index in [9.17, 15) is 23.1 Å². The van der Waals surface area contributed by atoms with Crippen LogP contribution in [0, 0.1) is 0 Å². The van der Waals surface area contributed by atoms with Crippen molar-refractivity contribution in [3.63, 3.8) is 0 Å². The standard InChI is InChI=1S/C21H16Cl2N2O6S/c22-17-9-16(32(24,29)30)10-18(23)20(17)25-19(27)11-31-21(28)14-3-1-12(2-4-14)13-5-7-15(26)8-6-13/h1-10,26H,11H2,(H,25,27)(H2,24,29,30). The van der Waals surface area contributed by atoms with Gasteiger partial charge in [0.1, 0.15) is 5.75 Å². The highest BCUT2D eigenvalue weighted by molar-refractivity contribution is 7.89. The van der Waals surface area contributed by atoms with E-state index in [1.54, 1.807) is 48.5 Å². The number of hydrogen-bond donors (Lipinski definition) is 3. The summed E-state index contributed by atoms with van der Waals surface area (Å²) >= 11 is 12.0. The van der Waals surface area contributed by atoms with Crippen LogP contribution in [0.2, 0.25) is 10.0 Å². The number of carbonyl (C=O) groups is 2. The van der Waals surface area contributed by atoms with Gasteiger partial charge < -0.3 is 15.2 Å². The Kier molecular flexibility index (Phi) is 7.05. The predicted octanol–water partition coefficient (Wildman–Crippen LogP) is 3.81. The molecule has 3 aromatic rings. The summed E-state index contributed by atoms with van der Waals surface area (Å²) in [5, 5.41) is 16.5. The molecule has 0 heterocycles. The number of benzene rings is 3. The summed E-state index contributed by atoms with van der Waals surface area (Å²) in [5.74, 6) is -1.31. The lowest BCUT2D eigenvalue weighted by Crippen LogP contribution is -2.21. The first-order valence-electron chi connectivity index (χ1n) is 8.93. The summed E-state index contributed by atoms with van der Waals surface area (Å²) in [6, 6.07) is 15.2. The van der Waals surface area contributed by atoms with E-state index in [-0.39, 0.29) is 31.9 Å². The van der Waals surface area contributed by atoms with Crippen LogP contribution in [0.3, 0.4) is 0 Å². The molecule has 32 heavy (non-hydrogen) atoms. The molecule has 3 aromatic carbocycles. The van der Waals surface area contributed by atoms with Gasteiger partial charge in [-0.15, -0.1) is 0 Å². The SMILES string of the molecule is NS(=O)(=O)c1cc(Cl)c(NC(=O)COC(=O)c2ccc(-c3ccc(O)cc3)cc2)c(Cl)c1. The third-order valence-corrected chi connectivity index (χ3v) is 5.75. The van der Waals surface area contributed by atoms with Crippen LogP contribution in [-0.2, 0) is 19.6 Å². The third kappa shape index (κ3) is 5.77. The van der Waals surface area contributed by atoms with Gasteiger partial charge in [-0.1, -0.05) is 47.5 Å². The molecule has 166 valence electrons. The molecule has 8 nitrogen and oxygen atoms in total. The number of primary sulfonamides is 1. The molecule has 0 aliphatic rings. The molecule has 4 N–H and O–H groups in total. The van der Waals surface area contributed by atoms with Gasteiger partial charge in [0.2, 0.25) is 10.0 Å². The van der Waals surface area contributed by atoms with Crippen molar-refractivity contribution in [1.82, 2.24) is 0 Å². The number of aromatic hydroxyl groups is 1. The molecule has 11 heteroatoms. The molecule has 1 amide bonds. The van der Waals surface area contributed by atoms with Crippen LogP contribution in [0.25, 0.3) is 11.1 Å². The maximum Gasteiger partial charge on any atom is 0.338 e. The van der Waals surface area contributed by atoms with Crippen molar-refractivity contribution in [1.29, 1.82) is 0 Å². The number of nitrogens with one attached hydrogen (secondary N) is 1. The van der Waals surface area contributed by atoms with Crippen LogP contribution in [-0.4, -0.2) is 32.0 Å². The number of anilines is 1. The summed E-state index contributed by atoms with van der Waals surface area (Å²) in [7, 11) is -4.03. The minimum Gasteiger partial charge on any atom is -0.508 e. The van der Waals surface area contributed by atoms with Crippen molar-refractivity contribution in [2.45, 2.75) is 4.90 Å². The monoisotopic (exact) mass is 494 g/mol. The van der Waals surface area contributed by atoms with Gasteiger partial charge in [0, 0.05) is 0 Å². The first kappa shape index (κ1) is 23.6. The number of rotatable bonds is 6. The summed E-state index contributed by atoms with van der Waals surface area (Å²) in [6.45, 7) is -0.623. The second-order valence-corrected chi connectivity index (χ2v) is 8.93. The van der Waals surface area contributed by atoms with Crippen molar-refractivity contribution < 1.29 is 27.9 Å². The van der Waals surface area contributed by atoms with Gasteiger partial charge >= 0.3 is 5.97 Å². The minimum atomic E-state index is -4.03. The normalized spacial score (nSPS) is 11.1. The Balaban J connectivity index is 1.61. The molecule has 0 radical (unpaired) electrons. The largest absolute Gasteiger partial charge is 0.508 e. The van der Waals surface area contributed by atoms with Crippen molar-refractivity contribution in [3.05, 3.63) is 76.3 Å². The number of halogens is 2. The van der Waals surface area contributed by atoms with Gasteiger partial charge in [-0.25, -0.2) is 18.4 Å². The van der Waals surface area contributed by atoms with Crippen LogP contribution in [0.1, 0.15) is 10.4 Å². The Bertz CT molecular complexity index is 1250. The smallest absolute Gasteiger partial charge is 0.338 e. The second kappa shape index (κ2) is 9.58. The maximum atomic E-state index is 12.2. The Morgan fingerprint density at radius 1 is 0.938 bits per heavy atom. The molecule has 0 spiro atoms. The highest BCUT2D eigenvalue weighted by Crippen LogP contribution is 2.33. The average Bonchev–Trinajstić information content (AvgIpc) is 2.74. The number of hydrogen-bond acceptors (Lipinski definition) is 6. The molecular formula is C21H16Cl2N2O6S. The fraction of sp³-hybridized carbons (Fsp3) is 0.0476. The number of phenols is 1. The highest BCUT2D eigenvalue weighted by Gasteiger charge is 2.17. The van der Waals surface area contributed by atoms with Gasteiger partial charge in [0.15, 0.2) is 6.61 Å². The lowest BCUT2D eigenvalue weighted by molar-refractivity contribution is -0.119. The molecule has 0 unspecified atom stereocenters. The number of carbonyl (C=O) groups excluding carboxylic acids is 2. The van der Waals surface area contributed by atoms with E-state index in [1.165, 1.54) is 0 Å². The highest BCUT2D eigenvalue weighted by atomic mass is 35.5. The van der Waals surface area contributed by atoms with Crippen LogP contribution in [0.4, 0.5) is 5.69 Å². The Morgan fingerprint density at radius 2 is 1.44 bits per heavy atom. The molecule has 0 aliphatic carbocycles. The van der Waals surface area contributed by atoms with Crippen molar-refractivity contribution >= 4 is 50.8 Å². The number of nitrogens with two attached hydrogens (primary N) is 1. The maximum absolute atomic E-state index is 12.2. The van der Waals surface area contributed by atoms with E-state index in [2.05, 4.69) is 5.32 Å². The zero-order chi connectivity index (χ0) is 23.5. The summed E-state index contributed by atoms with van der Waals surface area (Å²) in [5.41, 5.74) is 1.87. The molecular weight excluding hydrogens is 479 g/mol. The minimum absolute atomic E-state index is 0.0416. The van der Waals surface area contributed by atoms with Crippen molar-refractivity contribution in [2.75, 3.05) is 11.9 Å². The summed E-state index contributed by atoms with van der Waals surface area (Å²) in [6.07, 6.45) is 0. The number of sulfonamides is 1. The van der Waals surface area contributed by atoms with Gasteiger partial charge in [-0.2, -0.15) is 0 Å². The topological polar surface area (TPSA) is 136 Å². The van der Waals surface area contributed by atoms with Crippen LogP contribution in [0.15, 0.2) is 65.6 Å². The van der Waals surface area contributed by atoms with E-state index < -0.39 is 28.5 Å². The zero-order valence-corrected chi connectivity index (χ0v) is 18.5. The molecule has 0 fully saturated rings. The van der Waals surface area contributed by atoms with E-state index in [1.807, 2.05) is 0 Å². The Hall–Kier alpha value is -3.11. The van der Waals surface area contributed by atoms with Gasteiger partial charge in [0.25, 0.3) is 5.91 Å². The Morgan fingerprint density at radius 3 is 1.94 bits per heavy atom. The predicted molar refractivity (Wildman–Crippen MR) is 120 cm³/mol. The van der Waals surface area contributed by atoms with E-state index in [0.717, 1.165) is 23.3 Å².